The monoisotopic (exact) mass is 455 g/mol. The molecule has 0 saturated carbocycles. The second-order valence-corrected chi connectivity index (χ2v) is 10.7. The highest BCUT2D eigenvalue weighted by Gasteiger charge is 2.34. The Morgan fingerprint density at radius 2 is 1.86 bits per heavy atom. The van der Waals surface area contributed by atoms with Gasteiger partial charge < -0.3 is 10.4 Å². The van der Waals surface area contributed by atoms with Crippen LogP contribution in [0.5, 0.6) is 0 Å². The molecule has 0 unspecified atom stereocenters. The molecule has 0 aliphatic heterocycles. The van der Waals surface area contributed by atoms with Gasteiger partial charge in [-0.2, -0.15) is 0 Å². The number of aliphatic hydroxyl groups is 1. The minimum Gasteiger partial charge on any atom is -0.393 e. The highest BCUT2D eigenvalue weighted by atomic mass is 35.5. The van der Waals surface area contributed by atoms with Crippen LogP contribution < -0.4 is 5.32 Å². The van der Waals surface area contributed by atoms with E-state index in [1.54, 1.807) is 30.3 Å². The van der Waals surface area contributed by atoms with Crippen LogP contribution in [0, 0.1) is 5.92 Å². The number of halogens is 2. The smallest absolute Gasteiger partial charge is 0.175 e. The van der Waals surface area contributed by atoms with Crippen LogP contribution in [0.1, 0.15) is 49.8 Å². The maximum atomic E-state index is 11.7. The molecular weight excluding hydrogens is 429 g/mol. The standard InChI is InChI=1S/C22H27Cl2NO3S/c1-3-4-17(26)8-5-14-11-19-20(12-15(23)13-21(19)24)22(14)25-16-6-9-18(10-7-16)29(2,27)28/h6-7,9-10,12-14,17,22,25-26H,3-5,8,11H2,1-2H3/t14-,17+,22+/m0/s1. The Balaban J connectivity index is 1.85. The van der Waals surface area contributed by atoms with Crippen molar-refractivity contribution in [2.45, 2.75) is 56.1 Å². The van der Waals surface area contributed by atoms with E-state index in [1.807, 2.05) is 6.07 Å². The average molecular weight is 456 g/mol. The fourth-order valence-corrected chi connectivity index (χ4v) is 5.29. The summed E-state index contributed by atoms with van der Waals surface area (Å²) in [4.78, 5) is 0.292. The lowest BCUT2D eigenvalue weighted by atomic mass is 9.92. The summed E-state index contributed by atoms with van der Waals surface area (Å²) in [6.45, 7) is 2.07. The zero-order chi connectivity index (χ0) is 21.2. The Morgan fingerprint density at radius 1 is 1.17 bits per heavy atom. The average Bonchev–Trinajstić information content (AvgIpc) is 2.98. The fraction of sp³-hybridized carbons (Fsp3) is 0.455. The summed E-state index contributed by atoms with van der Waals surface area (Å²) in [7, 11) is -3.23. The first kappa shape index (κ1) is 22.4. The Labute approximate surface area is 183 Å². The van der Waals surface area contributed by atoms with Crippen molar-refractivity contribution >= 4 is 38.7 Å². The van der Waals surface area contributed by atoms with Gasteiger partial charge in [0.05, 0.1) is 17.0 Å². The molecule has 0 aromatic heterocycles. The lowest BCUT2D eigenvalue weighted by Crippen LogP contribution is -2.19. The van der Waals surface area contributed by atoms with Crippen LogP contribution in [0.3, 0.4) is 0 Å². The molecule has 7 heteroatoms. The van der Waals surface area contributed by atoms with Gasteiger partial charge in [-0.1, -0.05) is 36.5 Å². The summed E-state index contributed by atoms with van der Waals surface area (Å²) in [5, 5.41) is 15.0. The van der Waals surface area contributed by atoms with Gasteiger partial charge in [-0.3, -0.25) is 0 Å². The van der Waals surface area contributed by atoms with E-state index < -0.39 is 9.84 Å². The fourth-order valence-electron chi connectivity index (χ4n) is 4.08. The maximum Gasteiger partial charge on any atom is 0.175 e. The van der Waals surface area contributed by atoms with Crippen molar-refractivity contribution in [3.8, 4) is 0 Å². The van der Waals surface area contributed by atoms with Crippen molar-refractivity contribution in [3.63, 3.8) is 0 Å². The first-order valence-electron chi connectivity index (χ1n) is 9.91. The van der Waals surface area contributed by atoms with Crippen LogP contribution in [0.25, 0.3) is 0 Å². The highest BCUT2D eigenvalue weighted by molar-refractivity contribution is 7.90. The third-order valence-electron chi connectivity index (χ3n) is 5.56. The van der Waals surface area contributed by atoms with Crippen molar-refractivity contribution < 1.29 is 13.5 Å². The zero-order valence-corrected chi connectivity index (χ0v) is 19.0. The van der Waals surface area contributed by atoms with Crippen molar-refractivity contribution in [2.24, 2.45) is 5.92 Å². The molecule has 0 heterocycles. The highest BCUT2D eigenvalue weighted by Crippen LogP contribution is 2.45. The Kier molecular flexibility index (Phi) is 7.15. The van der Waals surface area contributed by atoms with Crippen molar-refractivity contribution in [3.05, 3.63) is 57.6 Å². The molecule has 1 aliphatic rings. The van der Waals surface area contributed by atoms with Gasteiger partial charge in [0, 0.05) is 22.0 Å². The largest absolute Gasteiger partial charge is 0.393 e. The topological polar surface area (TPSA) is 66.4 Å². The molecule has 0 saturated heterocycles. The Bertz CT molecular complexity index is 961. The molecule has 3 rings (SSSR count). The predicted octanol–water partition coefficient (Wildman–Crippen LogP) is 5.66. The summed E-state index contributed by atoms with van der Waals surface area (Å²) in [6, 6.07) is 10.5. The van der Waals surface area contributed by atoms with E-state index in [1.165, 1.54) is 6.26 Å². The number of benzene rings is 2. The number of aliphatic hydroxyl groups excluding tert-OH is 1. The zero-order valence-electron chi connectivity index (χ0n) is 16.7. The van der Waals surface area contributed by atoms with Gasteiger partial charge in [0.2, 0.25) is 0 Å². The third-order valence-corrected chi connectivity index (χ3v) is 7.25. The number of anilines is 1. The van der Waals surface area contributed by atoms with Crippen LogP contribution in [-0.4, -0.2) is 25.9 Å². The number of hydrogen-bond donors (Lipinski definition) is 2. The van der Waals surface area contributed by atoms with E-state index in [0.717, 1.165) is 48.9 Å². The van der Waals surface area contributed by atoms with E-state index in [0.29, 0.717) is 14.9 Å². The summed E-state index contributed by atoms with van der Waals surface area (Å²) >= 11 is 12.7. The molecule has 2 aromatic rings. The maximum absolute atomic E-state index is 11.7. The van der Waals surface area contributed by atoms with Gasteiger partial charge in [0.1, 0.15) is 0 Å². The lowest BCUT2D eigenvalue weighted by molar-refractivity contribution is 0.143. The van der Waals surface area contributed by atoms with Gasteiger partial charge >= 0.3 is 0 Å². The Morgan fingerprint density at radius 3 is 2.48 bits per heavy atom. The van der Waals surface area contributed by atoms with Crippen molar-refractivity contribution in [2.75, 3.05) is 11.6 Å². The molecule has 3 atom stereocenters. The van der Waals surface area contributed by atoms with Gasteiger partial charge in [-0.15, -0.1) is 0 Å². The van der Waals surface area contributed by atoms with Crippen molar-refractivity contribution in [1.29, 1.82) is 0 Å². The summed E-state index contributed by atoms with van der Waals surface area (Å²) < 4.78 is 23.4. The van der Waals surface area contributed by atoms with Gasteiger partial charge in [0.25, 0.3) is 0 Å². The second-order valence-electron chi connectivity index (χ2n) is 7.86. The molecule has 158 valence electrons. The minimum atomic E-state index is -3.23. The first-order valence-corrected chi connectivity index (χ1v) is 12.6. The van der Waals surface area contributed by atoms with E-state index in [-0.39, 0.29) is 18.1 Å². The number of rotatable bonds is 8. The number of hydrogen-bond acceptors (Lipinski definition) is 4. The molecule has 0 amide bonds. The molecule has 1 aliphatic carbocycles. The molecule has 2 N–H and O–H groups in total. The molecule has 0 radical (unpaired) electrons. The van der Waals surface area contributed by atoms with Gasteiger partial charge in [-0.25, -0.2) is 8.42 Å². The van der Waals surface area contributed by atoms with E-state index in [4.69, 9.17) is 23.2 Å². The summed E-state index contributed by atoms with van der Waals surface area (Å²) in [5.41, 5.74) is 3.01. The molecule has 0 spiro atoms. The van der Waals surface area contributed by atoms with Crippen molar-refractivity contribution in [1.82, 2.24) is 0 Å². The van der Waals surface area contributed by atoms with Crippen LogP contribution in [-0.2, 0) is 16.3 Å². The second kappa shape index (κ2) is 9.25. The predicted molar refractivity (Wildman–Crippen MR) is 120 cm³/mol. The molecule has 0 bridgehead atoms. The minimum absolute atomic E-state index is 0.000824. The molecule has 29 heavy (non-hydrogen) atoms. The number of fused-ring (bicyclic) bond motifs is 1. The number of nitrogens with one attached hydrogen (secondary N) is 1. The molecular formula is C22H27Cl2NO3S. The van der Waals surface area contributed by atoms with Crippen LogP contribution in [0.4, 0.5) is 5.69 Å². The molecule has 0 fully saturated rings. The Hall–Kier alpha value is -1.27. The molecule has 4 nitrogen and oxygen atoms in total. The van der Waals surface area contributed by atoms with Gasteiger partial charge in [0.15, 0.2) is 9.84 Å². The number of sulfone groups is 1. The van der Waals surface area contributed by atoms with E-state index >= 15 is 0 Å². The van der Waals surface area contributed by atoms with Crippen LogP contribution >= 0.6 is 23.2 Å². The van der Waals surface area contributed by atoms with E-state index in [2.05, 4.69) is 12.2 Å². The van der Waals surface area contributed by atoms with E-state index in [9.17, 15) is 13.5 Å². The third kappa shape index (κ3) is 5.46. The van der Waals surface area contributed by atoms with Gasteiger partial charge in [-0.05, 0) is 79.1 Å². The SMILES string of the molecule is CCC[C@@H](O)CC[C@H]1Cc2c(Cl)cc(Cl)cc2[C@@H]1Nc1ccc(S(C)(=O)=O)cc1. The summed E-state index contributed by atoms with van der Waals surface area (Å²) in [5.74, 6) is 0.266. The van der Waals surface area contributed by atoms with Crippen LogP contribution in [0.15, 0.2) is 41.3 Å². The quantitative estimate of drug-likeness (QED) is 0.538. The van der Waals surface area contributed by atoms with Crippen LogP contribution in [0.2, 0.25) is 10.0 Å². The summed E-state index contributed by atoms with van der Waals surface area (Å²) in [6.07, 6.45) is 5.09. The normalized spacial score (nSPS) is 19.8. The first-order chi connectivity index (χ1) is 13.7. The molecule has 2 aromatic carbocycles. The lowest BCUT2D eigenvalue weighted by Gasteiger charge is -2.24.